The number of amides is 2. The van der Waals surface area contributed by atoms with Crippen molar-refractivity contribution >= 4 is 28.9 Å². The molecule has 0 aliphatic heterocycles. The average molecular weight is 402 g/mol. The van der Waals surface area contributed by atoms with Gasteiger partial charge in [-0.3, -0.25) is 9.59 Å². The summed E-state index contributed by atoms with van der Waals surface area (Å²) in [5.74, 6) is 0.773. The molecule has 6 heteroatoms. The SMILES string of the molecule is Cc1nc2ccc(CC(=O)NC3CCC(NC(=O)C=Cc4ccccc4)C3)cc2[nH]1. The number of rotatable bonds is 6. The van der Waals surface area contributed by atoms with Gasteiger partial charge in [0.2, 0.25) is 11.8 Å². The van der Waals surface area contributed by atoms with Gasteiger partial charge in [0.05, 0.1) is 17.5 Å². The van der Waals surface area contributed by atoms with Crippen LogP contribution >= 0.6 is 0 Å². The van der Waals surface area contributed by atoms with Crippen LogP contribution in [0.3, 0.4) is 0 Å². The van der Waals surface area contributed by atoms with Crippen LogP contribution in [0, 0.1) is 6.92 Å². The van der Waals surface area contributed by atoms with Crippen LogP contribution in [0.25, 0.3) is 17.1 Å². The lowest BCUT2D eigenvalue weighted by Gasteiger charge is -2.14. The predicted molar refractivity (Wildman–Crippen MR) is 118 cm³/mol. The minimum atomic E-state index is -0.0982. The van der Waals surface area contributed by atoms with Gasteiger partial charge in [0.1, 0.15) is 5.82 Å². The number of nitrogens with zero attached hydrogens (tertiary/aromatic N) is 1. The first kappa shape index (κ1) is 19.9. The van der Waals surface area contributed by atoms with E-state index in [1.54, 1.807) is 6.08 Å². The van der Waals surface area contributed by atoms with Crippen molar-refractivity contribution < 1.29 is 9.59 Å². The first-order valence-corrected chi connectivity index (χ1v) is 10.3. The van der Waals surface area contributed by atoms with Gasteiger partial charge < -0.3 is 15.6 Å². The first-order chi connectivity index (χ1) is 14.5. The molecule has 0 radical (unpaired) electrons. The van der Waals surface area contributed by atoms with E-state index < -0.39 is 0 Å². The number of benzene rings is 2. The Hall–Kier alpha value is -3.41. The summed E-state index contributed by atoms with van der Waals surface area (Å²) in [6.07, 6.45) is 6.21. The van der Waals surface area contributed by atoms with E-state index in [-0.39, 0.29) is 23.9 Å². The molecular formula is C24H26N4O2. The highest BCUT2D eigenvalue weighted by atomic mass is 16.2. The fourth-order valence-electron chi connectivity index (χ4n) is 3.99. The summed E-state index contributed by atoms with van der Waals surface area (Å²) >= 11 is 0. The van der Waals surface area contributed by atoms with Crippen molar-refractivity contribution in [1.82, 2.24) is 20.6 Å². The molecule has 1 saturated carbocycles. The maximum Gasteiger partial charge on any atom is 0.244 e. The van der Waals surface area contributed by atoms with Crippen LogP contribution in [0.1, 0.15) is 36.2 Å². The minimum absolute atomic E-state index is 0.00605. The van der Waals surface area contributed by atoms with Crippen molar-refractivity contribution in [1.29, 1.82) is 0 Å². The molecule has 1 aliphatic carbocycles. The van der Waals surface area contributed by atoms with Gasteiger partial charge in [-0.05, 0) is 55.5 Å². The molecule has 1 aromatic heterocycles. The number of aromatic nitrogens is 2. The standard InChI is InChI=1S/C24H26N4O2/c1-16-25-21-11-7-18(13-22(21)26-16)14-24(30)28-20-10-9-19(15-20)27-23(29)12-8-17-5-3-2-4-6-17/h2-8,11-13,19-20H,9-10,14-15H2,1H3,(H,25,26)(H,27,29)(H,28,30). The highest BCUT2D eigenvalue weighted by molar-refractivity contribution is 5.92. The van der Waals surface area contributed by atoms with Crippen LogP contribution in [0.4, 0.5) is 0 Å². The third-order valence-corrected chi connectivity index (χ3v) is 5.40. The summed E-state index contributed by atoms with van der Waals surface area (Å²) in [6.45, 7) is 1.92. The van der Waals surface area contributed by atoms with Gasteiger partial charge in [-0.1, -0.05) is 36.4 Å². The van der Waals surface area contributed by atoms with Gasteiger partial charge in [0.25, 0.3) is 0 Å². The van der Waals surface area contributed by atoms with Gasteiger partial charge >= 0.3 is 0 Å². The van der Waals surface area contributed by atoms with Gasteiger partial charge in [-0.2, -0.15) is 0 Å². The lowest BCUT2D eigenvalue weighted by atomic mass is 10.1. The van der Waals surface area contributed by atoms with E-state index >= 15 is 0 Å². The van der Waals surface area contributed by atoms with Crippen LogP contribution in [0.15, 0.2) is 54.6 Å². The fourth-order valence-corrected chi connectivity index (χ4v) is 3.99. The Morgan fingerprint density at radius 1 is 1.10 bits per heavy atom. The summed E-state index contributed by atoms with van der Waals surface area (Å²) in [5.41, 5.74) is 3.81. The Morgan fingerprint density at radius 2 is 1.87 bits per heavy atom. The number of H-pyrrole nitrogens is 1. The molecule has 0 saturated heterocycles. The van der Waals surface area contributed by atoms with Gasteiger partial charge in [-0.25, -0.2) is 4.98 Å². The second-order valence-electron chi connectivity index (χ2n) is 7.88. The van der Waals surface area contributed by atoms with Crippen molar-refractivity contribution in [2.45, 2.75) is 44.7 Å². The third kappa shape index (κ3) is 5.14. The Labute approximate surface area is 175 Å². The monoisotopic (exact) mass is 402 g/mol. The van der Waals surface area contributed by atoms with E-state index in [1.807, 2.05) is 61.5 Å². The number of hydrogen-bond donors (Lipinski definition) is 3. The summed E-state index contributed by atoms with van der Waals surface area (Å²) in [5, 5.41) is 6.14. The van der Waals surface area contributed by atoms with Crippen molar-refractivity contribution in [3.05, 3.63) is 71.6 Å². The fraction of sp³-hybridized carbons (Fsp3) is 0.292. The zero-order valence-electron chi connectivity index (χ0n) is 17.0. The number of carbonyl (C=O) groups excluding carboxylic acids is 2. The van der Waals surface area contributed by atoms with E-state index in [1.165, 1.54) is 0 Å². The minimum Gasteiger partial charge on any atom is -0.353 e. The molecule has 2 aromatic carbocycles. The molecule has 0 spiro atoms. The molecule has 0 bridgehead atoms. The number of imidazole rings is 1. The molecule has 4 rings (SSSR count). The Morgan fingerprint density at radius 3 is 2.67 bits per heavy atom. The molecule has 1 fully saturated rings. The molecule has 30 heavy (non-hydrogen) atoms. The number of hydrogen-bond acceptors (Lipinski definition) is 3. The molecule has 3 aromatic rings. The summed E-state index contributed by atoms with van der Waals surface area (Å²) < 4.78 is 0. The first-order valence-electron chi connectivity index (χ1n) is 10.3. The molecule has 2 atom stereocenters. The third-order valence-electron chi connectivity index (χ3n) is 5.40. The number of carbonyl (C=O) groups is 2. The number of aromatic amines is 1. The molecular weight excluding hydrogens is 376 g/mol. The molecule has 6 nitrogen and oxygen atoms in total. The second-order valence-corrected chi connectivity index (χ2v) is 7.88. The normalized spacial score (nSPS) is 18.7. The van der Waals surface area contributed by atoms with Crippen molar-refractivity contribution in [2.75, 3.05) is 0 Å². The lowest BCUT2D eigenvalue weighted by Crippen LogP contribution is -2.37. The Kier molecular flexibility index (Phi) is 5.93. The van der Waals surface area contributed by atoms with Crippen LogP contribution in [-0.4, -0.2) is 33.9 Å². The van der Waals surface area contributed by atoms with E-state index in [0.29, 0.717) is 6.42 Å². The number of fused-ring (bicyclic) bond motifs is 1. The maximum atomic E-state index is 12.5. The zero-order valence-corrected chi connectivity index (χ0v) is 17.0. The lowest BCUT2D eigenvalue weighted by molar-refractivity contribution is -0.121. The molecule has 1 aliphatic rings. The number of nitrogens with one attached hydrogen (secondary N) is 3. The summed E-state index contributed by atoms with van der Waals surface area (Å²) in [7, 11) is 0. The Bertz CT molecular complexity index is 1070. The summed E-state index contributed by atoms with van der Waals surface area (Å²) in [6, 6.07) is 15.8. The Balaban J connectivity index is 1.24. The van der Waals surface area contributed by atoms with E-state index in [4.69, 9.17) is 0 Å². The van der Waals surface area contributed by atoms with Gasteiger partial charge in [0, 0.05) is 18.2 Å². The van der Waals surface area contributed by atoms with Gasteiger partial charge in [-0.15, -0.1) is 0 Å². The maximum absolute atomic E-state index is 12.5. The molecule has 154 valence electrons. The largest absolute Gasteiger partial charge is 0.353 e. The average Bonchev–Trinajstić information content (AvgIpc) is 3.31. The molecule has 1 heterocycles. The topological polar surface area (TPSA) is 86.9 Å². The van der Waals surface area contributed by atoms with Crippen molar-refractivity contribution in [3.63, 3.8) is 0 Å². The van der Waals surface area contributed by atoms with Crippen molar-refractivity contribution in [2.24, 2.45) is 0 Å². The molecule has 3 N–H and O–H groups in total. The van der Waals surface area contributed by atoms with Crippen molar-refractivity contribution in [3.8, 4) is 0 Å². The van der Waals surface area contributed by atoms with Crippen LogP contribution < -0.4 is 10.6 Å². The zero-order chi connectivity index (χ0) is 20.9. The van der Waals surface area contributed by atoms with Gasteiger partial charge in [0.15, 0.2) is 0 Å². The highest BCUT2D eigenvalue weighted by Crippen LogP contribution is 2.20. The predicted octanol–water partition coefficient (Wildman–Crippen LogP) is 3.28. The van der Waals surface area contributed by atoms with Crippen LogP contribution in [-0.2, 0) is 16.0 Å². The van der Waals surface area contributed by atoms with E-state index in [0.717, 1.165) is 47.2 Å². The van der Waals surface area contributed by atoms with E-state index in [9.17, 15) is 9.59 Å². The summed E-state index contributed by atoms with van der Waals surface area (Å²) in [4.78, 5) is 32.2. The second kappa shape index (κ2) is 8.95. The number of aryl methyl sites for hydroxylation is 1. The van der Waals surface area contributed by atoms with Crippen LogP contribution in [0.2, 0.25) is 0 Å². The quantitative estimate of drug-likeness (QED) is 0.553. The van der Waals surface area contributed by atoms with Crippen LogP contribution in [0.5, 0.6) is 0 Å². The smallest absolute Gasteiger partial charge is 0.244 e. The highest BCUT2D eigenvalue weighted by Gasteiger charge is 2.26. The molecule has 2 amide bonds. The van der Waals surface area contributed by atoms with E-state index in [2.05, 4.69) is 20.6 Å². The molecule has 2 unspecified atom stereocenters.